The lowest BCUT2D eigenvalue weighted by Crippen LogP contribution is -2.44. The second kappa shape index (κ2) is 7.10. The molecule has 15 heavy (non-hydrogen) atoms. The molecule has 0 heterocycles. The van der Waals surface area contributed by atoms with Crippen molar-refractivity contribution >= 4 is 5.78 Å². The summed E-state index contributed by atoms with van der Waals surface area (Å²) in [5.74, 6) is -0.914. The molecule has 0 aliphatic heterocycles. The summed E-state index contributed by atoms with van der Waals surface area (Å²) in [4.78, 5) is 31.1. The molecule has 0 saturated heterocycles. The number of aliphatic hydroxyl groups excluding tert-OH is 2. The fraction of sp³-hybridized carbons (Fsp3) is 0.857. The van der Waals surface area contributed by atoms with Crippen LogP contribution in [-0.4, -0.2) is 54.5 Å². The van der Waals surface area contributed by atoms with Gasteiger partial charge in [0.2, 0.25) is 0 Å². The van der Waals surface area contributed by atoms with Gasteiger partial charge in [-0.05, 0) is 0 Å². The summed E-state index contributed by atoms with van der Waals surface area (Å²) >= 11 is 0. The molecule has 0 radical (unpaired) electrons. The van der Waals surface area contributed by atoms with Crippen molar-refractivity contribution in [3.8, 4) is 0 Å². The maximum atomic E-state index is 11.1. The van der Waals surface area contributed by atoms with Crippen molar-refractivity contribution in [2.45, 2.75) is 18.2 Å². The molecule has 3 atom stereocenters. The van der Waals surface area contributed by atoms with Crippen molar-refractivity contribution in [1.82, 2.24) is 0 Å². The first kappa shape index (κ1) is 13.8. The van der Waals surface area contributed by atoms with E-state index in [9.17, 15) is 19.7 Å². The Bertz CT molecular complexity index is 230. The third kappa shape index (κ3) is 3.78. The molecule has 0 rings (SSSR count). The molecule has 2 N–H and O–H groups in total. The predicted molar refractivity (Wildman–Crippen MR) is 49.1 cm³/mol. The second-order valence-corrected chi connectivity index (χ2v) is 2.75. The van der Waals surface area contributed by atoms with Gasteiger partial charge < -0.3 is 14.9 Å². The predicted octanol–water partition coefficient (Wildman–Crippen LogP) is -1.17. The van der Waals surface area contributed by atoms with E-state index in [4.69, 9.17) is 5.11 Å². The average Bonchev–Trinajstić information content (AvgIpc) is 2.21. The molecule has 0 saturated carbocycles. The summed E-state index contributed by atoms with van der Waals surface area (Å²) in [5, 5.41) is 22.8. The van der Waals surface area contributed by atoms with Crippen LogP contribution >= 0.6 is 0 Å². The molecule has 8 heteroatoms. The topological polar surface area (TPSA) is 126 Å². The van der Waals surface area contributed by atoms with Crippen molar-refractivity contribution in [3.63, 3.8) is 0 Å². The summed E-state index contributed by atoms with van der Waals surface area (Å²) in [5.41, 5.74) is 0. The van der Waals surface area contributed by atoms with E-state index < -0.39 is 37.2 Å². The first-order valence-electron chi connectivity index (χ1n) is 4.08. The number of rotatable bonds is 8. The maximum absolute atomic E-state index is 11.1. The number of aliphatic hydroxyl groups is 2. The normalized spacial score (nSPS) is 16.5. The molecule has 0 aromatic carbocycles. The van der Waals surface area contributed by atoms with Gasteiger partial charge >= 0.3 is 0 Å². The fourth-order valence-corrected chi connectivity index (χ4v) is 0.994. The second-order valence-electron chi connectivity index (χ2n) is 2.75. The Kier molecular flexibility index (Phi) is 6.50. The molecule has 0 aliphatic carbocycles. The van der Waals surface area contributed by atoms with E-state index in [0.29, 0.717) is 0 Å². The molecule has 0 bridgehead atoms. The van der Waals surface area contributed by atoms with Crippen LogP contribution in [0.5, 0.6) is 0 Å². The van der Waals surface area contributed by atoms with Crippen molar-refractivity contribution in [2.75, 3.05) is 20.3 Å². The molecular weight excluding hydrogens is 208 g/mol. The van der Waals surface area contributed by atoms with E-state index in [-0.39, 0.29) is 0 Å². The molecule has 3 unspecified atom stereocenters. The van der Waals surface area contributed by atoms with Crippen LogP contribution in [0.3, 0.4) is 0 Å². The van der Waals surface area contributed by atoms with Crippen LogP contribution in [0.25, 0.3) is 0 Å². The van der Waals surface area contributed by atoms with Gasteiger partial charge in [-0.25, -0.2) is 0 Å². The zero-order valence-corrected chi connectivity index (χ0v) is 8.07. The molecule has 86 valence electrons. The molecule has 0 spiro atoms. The Morgan fingerprint density at radius 1 is 1.47 bits per heavy atom. The molecule has 0 aromatic heterocycles. The molecular formula is C7H12N2O6. The lowest BCUT2D eigenvalue weighted by atomic mass is 10.0. The van der Waals surface area contributed by atoms with Crippen LogP contribution in [0.1, 0.15) is 0 Å². The van der Waals surface area contributed by atoms with Gasteiger partial charge in [0.25, 0.3) is 0 Å². The Labute approximate surface area is 85.2 Å². The summed E-state index contributed by atoms with van der Waals surface area (Å²) < 4.78 is 4.61. The monoisotopic (exact) mass is 220 g/mol. The number of nitroso groups, excluding NO2 is 2. The summed E-state index contributed by atoms with van der Waals surface area (Å²) in [6.45, 7) is -1.33. The van der Waals surface area contributed by atoms with Crippen LogP contribution in [0, 0.1) is 9.81 Å². The van der Waals surface area contributed by atoms with E-state index in [2.05, 4.69) is 15.1 Å². The van der Waals surface area contributed by atoms with Gasteiger partial charge in [0.1, 0.15) is 18.8 Å². The minimum Gasteiger partial charge on any atom is -0.394 e. The van der Waals surface area contributed by atoms with Gasteiger partial charge in [0.05, 0.1) is 6.61 Å². The number of Topliss-reactive ketones (excluding diaryl/α,β-unsaturated/α-hetero) is 1. The van der Waals surface area contributed by atoms with Crippen LogP contribution in [-0.2, 0) is 9.53 Å². The minimum absolute atomic E-state index is 0.578. The first-order chi connectivity index (χ1) is 7.12. The van der Waals surface area contributed by atoms with Gasteiger partial charge in [0.15, 0.2) is 11.8 Å². The number of methoxy groups -OCH3 is 1. The highest BCUT2D eigenvalue weighted by Gasteiger charge is 2.33. The third-order valence-corrected chi connectivity index (χ3v) is 1.85. The molecule has 0 amide bonds. The van der Waals surface area contributed by atoms with Gasteiger partial charge in [-0.2, -0.15) is 4.91 Å². The van der Waals surface area contributed by atoms with Gasteiger partial charge in [-0.15, -0.1) is 4.91 Å². The third-order valence-electron chi connectivity index (χ3n) is 1.85. The number of carbonyl (C=O) groups is 1. The van der Waals surface area contributed by atoms with Crippen LogP contribution in [0.2, 0.25) is 0 Å². The summed E-state index contributed by atoms with van der Waals surface area (Å²) in [7, 11) is 1.19. The van der Waals surface area contributed by atoms with Crippen LogP contribution in [0.15, 0.2) is 10.4 Å². The smallest absolute Gasteiger partial charge is 0.188 e. The number of carbonyl (C=O) groups excluding carboxylic acids is 1. The molecule has 0 aromatic rings. The number of hydrogen-bond donors (Lipinski definition) is 2. The highest BCUT2D eigenvalue weighted by molar-refractivity contribution is 5.86. The van der Waals surface area contributed by atoms with Gasteiger partial charge in [-0.1, -0.05) is 10.4 Å². The van der Waals surface area contributed by atoms with E-state index in [1.54, 1.807) is 0 Å². The van der Waals surface area contributed by atoms with Crippen molar-refractivity contribution in [3.05, 3.63) is 9.81 Å². The highest BCUT2D eigenvalue weighted by Crippen LogP contribution is 2.08. The van der Waals surface area contributed by atoms with Crippen LogP contribution in [0.4, 0.5) is 0 Å². The fourth-order valence-electron chi connectivity index (χ4n) is 0.994. The molecule has 0 fully saturated rings. The lowest BCUT2D eigenvalue weighted by molar-refractivity contribution is -0.125. The summed E-state index contributed by atoms with van der Waals surface area (Å²) in [6.07, 6.45) is -2.70. The number of hydrogen-bond acceptors (Lipinski definition) is 8. The Balaban J connectivity index is 4.57. The van der Waals surface area contributed by atoms with Gasteiger partial charge in [0, 0.05) is 7.11 Å². The first-order valence-corrected chi connectivity index (χ1v) is 4.08. The van der Waals surface area contributed by atoms with E-state index in [1.807, 2.05) is 0 Å². The zero-order valence-electron chi connectivity index (χ0n) is 8.07. The number of ether oxygens (including phenoxy) is 1. The average molecular weight is 220 g/mol. The maximum Gasteiger partial charge on any atom is 0.188 e. The van der Waals surface area contributed by atoms with E-state index >= 15 is 0 Å². The molecule has 0 aliphatic rings. The highest BCUT2D eigenvalue weighted by atomic mass is 16.5. The lowest BCUT2D eigenvalue weighted by Gasteiger charge is -2.21. The van der Waals surface area contributed by atoms with Crippen LogP contribution < -0.4 is 0 Å². The van der Waals surface area contributed by atoms with E-state index in [0.717, 1.165) is 0 Å². The largest absolute Gasteiger partial charge is 0.394 e. The van der Waals surface area contributed by atoms with Crippen molar-refractivity contribution < 1.29 is 19.7 Å². The summed E-state index contributed by atoms with van der Waals surface area (Å²) in [6, 6.07) is -1.65. The minimum atomic E-state index is -1.65. The quantitative estimate of drug-likeness (QED) is 0.496. The van der Waals surface area contributed by atoms with Crippen molar-refractivity contribution in [1.29, 1.82) is 0 Å². The van der Waals surface area contributed by atoms with Gasteiger partial charge in [-0.3, -0.25) is 4.79 Å². The van der Waals surface area contributed by atoms with Crippen molar-refractivity contribution in [2.24, 2.45) is 10.4 Å². The SMILES string of the molecule is COC(CO)C(O)C(N=O)C(=O)CN=O. The van der Waals surface area contributed by atoms with E-state index in [1.165, 1.54) is 7.11 Å². The number of nitrogens with zero attached hydrogens (tertiary/aromatic N) is 2. The standard InChI is InChI=1S/C7H12N2O6/c1-15-5(3-10)7(12)6(9-14)4(11)2-8-13/h5-7,10,12H,2-3H2,1H3. The molecule has 8 nitrogen and oxygen atoms in total. The Morgan fingerprint density at radius 2 is 2.07 bits per heavy atom. The Hall–Kier alpha value is -1.25. The number of ketones is 1. The zero-order chi connectivity index (χ0) is 11.8. The Morgan fingerprint density at radius 3 is 2.40 bits per heavy atom.